The van der Waals surface area contributed by atoms with Crippen molar-refractivity contribution in [3.8, 4) is 0 Å². The van der Waals surface area contributed by atoms with Crippen molar-refractivity contribution in [3.05, 3.63) is 35.1 Å². The summed E-state index contributed by atoms with van der Waals surface area (Å²) in [6.45, 7) is 6.59. The number of hydrogen-bond donors (Lipinski definition) is 2. The Morgan fingerprint density at radius 2 is 2.24 bits per heavy atom. The Balaban J connectivity index is 1.52. The summed E-state index contributed by atoms with van der Waals surface area (Å²) < 4.78 is 5.19. The van der Waals surface area contributed by atoms with Crippen LogP contribution in [0.5, 0.6) is 0 Å². The number of anilines is 1. The molecule has 0 spiro atoms. The zero-order valence-electron chi connectivity index (χ0n) is 14.5. The zero-order valence-corrected chi connectivity index (χ0v) is 15.3. The van der Waals surface area contributed by atoms with Crippen molar-refractivity contribution >= 4 is 33.3 Å². The van der Waals surface area contributed by atoms with Crippen LogP contribution < -0.4 is 10.6 Å². The average molecular weight is 359 g/mol. The quantitative estimate of drug-likeness (QED) is 0.673. The average Bonchev–Trinajstić information content (AvgIpc) is 3.20. The predicted octanol–water partition coefficient (Wildman–Crippen LogP) is 3.17. The highest BCUT2D eigenvalue weighted by molar-refractivity contribution is 7.18. The van der Waals surface area contributed by atoms with Gasteiger partial charge in [0.2, 0.25) is 0 Å². The second kappa shape index (κ2) is 7.60. The smallest absolute Gasteiger partial charge is 0.273 e. The van der Waals surface area contributed by atoms with E-state index in [4.69, 9.17) is 4.42 Å². The molecule has 25 heavy (non-hydrogen) atoms. The van der Waals surface area contributed by atoms with Crippen molar-refractivity contribution in [2.24, 2.45) is 0 Å². The first-order valence-electron chi connectivity index (χ1n) is 8.27. The number of thiophene rings is 1. The van der Waals surface area contributed by atoms with Gasteiger partial charge in [0, 0.05) is 23.9 Å². The van der Waals surface area contributed by atoms with E-state index in [1.54, 1.807) is 17.7 Å². The molecule has 0 unspecified atom stereocenters. The van der Waals surface area contributed by atoms with E-state index in [0.717, 1.165) is 22.5 Å². The van der Waals surface area contributed by atoms with Crippen LogP contribution in [0.3, 0.4) is 0 Å². The largest absolute Gasteiger partial charge is 0.448 e. The van der Waals surface area contributed by atoms with Crippen LogP contribution in [-0.2, 0) is 6.42 Å². The minimum Gasteiger partial charge on any atom is -0.448 e. The molecule has 8 heteroatoms. The van der Waals surface area contributed by atoms with Crippen LogP contribution in [0.1, 0.15) is 41.5 Å². The van der Waals surface area contributed by atoms with Gasteiger partial charge in [-0.1, -0.05) is 6.92 Å². The Morgan fingerprint density at radius 3 is 3.00 bits per heavy atom. The van der Waals surface area contributed by atoms with Crippen LogP contribution in [0, 0.1) is 6.92 Å². The third-order valence-electron chi connectivity index (χ3n) is 3.79. The number of nitrogens with zero attached hydrogens (tertiary/aromatic N) is 3. The second-order valence-corrected chi connectivity index (χ2v) is 7.10. The molecule has 132 valence electrons. The lowest BCUT2D eigenvalue weighted by Crippen LogP contribution is -2.29. The van der Waals surface area contributed by atoms with Crippen molar-refractivity contribution in [1.82, 2.24) is 20.3 Å². The normalized spacial score (nSPS) is 12.3. The predicted molar refractivity (Wildman–Crippen MR) is 98.1 cm³/mol. The minimum absolute atomic E-state index is 0.155. The molecule has 0 radical (unpaired) electrons. The minimum atomic E-state index is -0.214. The van der Waals surface area contributed by atoms with Gasteiger partial charge in [0.25, 0.3) is 5.91 Å². The standard InChI is InChI=1S/C17H21N5O2S/c1-4-14-22-13(8-24-14)16(23)18-6-5-10(2)21-15-12-7-11(3)25-17(12)20-9-19-15/h7-10H,4-6H2,1-3H3,(H,18,23)(H,19,20,21)/t10-/m0/s1. The number of oxazole rings is 1. The van der Waals surface area contributed by atoms with Crippen LogP contribution in [0.15, 0.2) is 23.1 Å². The van der Waals surface area contributed by atoms with E-state index in [2.05, 4.69) is 45.5 Å². The molecule has 3 aromatic rings. The Bertz CT molecular complexity index is 873. The summed E-state index contributed by atoms with van der Waals surface area (Å²) in [6.07, 6.45) is 4.40. The Labute approximate surface area is 149 Å². The number of carbonyl (C=O) groups excluding carboxylic acids is 1. The molecule has 0 bridgehead atoms. The number of rotatable bonds is 7. The van der Waals surface area contributed by atoms with E-state index in [1.807, 2.05) is 6.92 Å². The van der Waals surface area contributed by atoms with E-state index in [0.29, 0.717) is 24.6 Å². The SMILES string of the molecule is CCc1nc(C(=O)NCC[C@H](C)Nc2ncnc3sc(C)cc23)co1. The molecule has 0 aliphatic carbocycles. The highest BCUT2D eigenvalue weighted by Crippen LogP contribution is 2.27. The number of amides is 1. The first-order chi connectivity index (χ1) is 12.1. The van der Waals surface area contributed by atoms with Crippen molar-refractivity contribution in [2.45, 2.75) is 39.7 Å². The lowest BCUT2D eigenvalue weighted by atomic mass is 10.2. The van der Waals surface area contributed by atoms with Crippen LogP contribution in [0.4, 0.5) is 5.82 Å². The Morgan fingerprint density at radius 1 is 1.40 bits per heavy atom. The highest BCUT2D eigenvalue weighted by atomic mass is 32.1. The van der Waals surface area contributed by atoms with Gasteiger partial charge >= 0.3 is 0 Å². The first-order valence-corrected chi connectivity index (χ1v) is 9.08. The summed E-state index contributed by atoms with van der Waals surface area (Å²) in [5.41, 5.74) is 0.323. The zero-order chi connectivity index (χ0) is 17.8. The van der Waals surface area contributed by atoms with Crippen molar-refractivity contribution in [2.75, 3.05) is 11.9 Å². The second-order valence-electron chi connectivity index (χ2n) is 5.87. The number of fused-ring (bicyclic) bond motifs is 1. The molecule has 0 saturated heterocycles. The maximum absolute atomic E-state index is 12.0. The lowest BCUT2D eigenvalue weighted by molar-refractivity contribution is 0.0948. The van der Waals surface area contributed by atoms with Crippen LogP contribution >= 0.6 is 11.3 Å². The molecule has 2 N–H and O–H groups in total. The fourth-order valence-corrected chi connectivity index (χ4v) is 3.31. The molecular weight excluding hydrogens is 338 g/mol. The number of nitrogens with one attached hydrogen (secondary N) is 2. The molecule has 0 aliphatic rings. The van der Waals surface area contributed by atoms with Gasteiger partial charge in [-0.25, -0.2) is 15.0 Å². The number of carbonyl (C=O) groups is 1. The molecule has 1 atom stereocenters. The van der Waals surface area contributed by atoms with Crippen LogP contribution in [-0.4, -0.2) is 33.4 Å². The van der Waals surface area contributed by atoms with E-state index in [-0.39, 0.29) is 11.9 Å². The van der Waals surface area contributed by atoms with Gasteiger partial charge in [0.15, 0.2) is 11.6 Å². The van der Waals surface area contributed by atoms with Crippen LogP contribution in [0.25, 0.3) is 10.2 Å². The van der Waals surface area contributed by atoms with Crippen molar-refractivity contribution in [3.63, 3.8) is 0 Å². The van der Waals surface area contributed by atoms with Gasteiger partial charge in [-0.15, -0.1) is 11.3 Å². The summed E-state index contributed by atoms with van der Waals surface area (Å²) >= 11 is 1.65. The van der Waals surface area contributed by atoms with Crippen molar-refractivity contribution < 1.29 is 9.21 Å². The third-order valence-corrected chi connectivity index (χ3v) is 4.74. The van der Waals surface area contributed by atoms with E-state index in [9.17, 15) is 4.79 Å². The van der Waals surface area contributed by atoms with Crippen LogP contribution in [0.2, 0.25) is 0 Å². The van der Waals surface area contributed by atoms with Crippen molar-refractivity contribution in [1.29, 1.82) is 0 Å². The molecule has 0 aromatic carbocycles. The molecule has 3 heterocycles. The van der Waals surface area contributed by atoms with Gasteiger partial charge in [-0.2, -0.15) is 0 Å². The van der Waals surface area contributed by atoms with E-state index < -0.39 is 0 Å². The summed E-state index contributed by atoms with van der Waals surface area (Å²) in [5.74, 6) is 1.19. The van der Waals surface area contributed by atoms with Gasteiger partial charge in [-0.05, 0) is 26.3 Å². The molecule has 0 fully saturated rings. The number of aryl methyl sites for hydroxylation is 2. The monoisotopic (exact) mass is 359 g/mol. The molecule has 3 aromatic heterocycles. The van der Waals surface area contributed by atoms with E-state index in [1.165, 1.54) is 11.1 Å². The lowest BCUT2D eigenvalue weighted by Gasteiger charge is -2.15. The van der Waals surface area contributed by atoms with E-state index >= 15 is 0 Å². The molecule has 7 nitrogen and oxygen atoms in total. The topological polar surface area (TPSA) is 92.9 Å². The molecule has 0 saturated carbocycles. The van der Waals surface area contributed by atoms with Gasteiger partial charge in [-0.3, -0.25) is 4.79 Å². The maximum Gasteiger partial charge on any atom is 0.273 e. The molecule has 3 rings (SSSR count). The highest BCUT2D eigenvalue weighted by Gasteiger charge is 2.13. The summed E-state index contributed by atoms with van der Waals surface area (Å²) in [7, 11) is 0. The Hall–Kier alpha value is -2.48. The van der Waals surface area contributed by atoms with Gasteiger partial charge in [0.05, 0.1) is 5.39 Å². The summed E-state index contributed by atoms with van der Waals surface area (Å²) in [4.78, 5) is 27.0. The summed E-state index contributed by atoms with van der Waals surface area (Å²) in [6, 6.07) is 2.24. The molecular formula is C17H21N5O2S. The Kier molecular flexibility index (Phi) is 5.28. The van der Waals surface area contributed by atoms with Gasteiger partial charge in [0.1, 0.15) is 23.2 Å². The third kappa shape index (κ3) is 4.14. The van der Waals surface area contributed by atoms with Gasteiger partial charge < -0.3 is 15.1 Å². The number of hydrogen-bond acceptors (Lipinski definition) is 7. The fraction of sp³-hybridized carbons (Fsp3) is 0.412. The number of aromatic nitrogens is 3. The molecule has 0 aliphatic heterocycles. The fourth-order valence-electron chi connectivity index (χ4n) is 2.47. The summed E-state index contributed by atoms with van der Waals surface area (Å²) in [5, 5.41) is 7.29. The first kappa shape index (κ1) is 17.3. The maximum atomic E-state index is 12.0. The molecule has 1 amide bonds.